The molecule has 3 aromatic rings. The second kappa shape index (κ2) is 8.64. The fraction of sp³-hybridized carbons (Fsp3) is 0.400. The summed E-state index contributed by atoms with van der Waals surface area (Å²) in [5.74, 6) is -1.45. The molecule has 0 aromatic carbocycles. The standard InChI is InChI=1S/C20H22N4O6/c1-28-17(26)10-14(15-11-22-24-4-2-3-21-20(15)24)19-18(27)16(25)9-13(30-19)12-23-5-7-29-8-6-23/h2-4,9,11,14,27H,5-8,10,12H2,1H3/t14-/m0/s1. The van der Waals surface area contributed by atoms with Crippen molar-refractivity contribution in [2.45, 2.75) is 18.9 Å². The second-order valence-electron chi connectivity index (χ2n) is 7.00. The highest BCUT2D eigenvalue weighted by Gasteiger charge is 2.30. The molecule has 1 aliphatic rings. The molecule has 1 aliphatic heterocycles. The molecule has 3 aromatic heterocycles. The number of methoxy groups -OCH3 is 1. The lowest BCUT2D eigenvalue weighted by molar-refractivity contribution is -0.140. The monoisotopic (exact) mass is 414 g/mol. The summed E-state index contributed by atoms with van der Waals surface area (Å²) in [6.45, 7) is 3.03. The average molecular weight is 414 g/mol. The van der Waals surface area contributed by atoms with E-state index in [9.17, 15) is 14.7 Å². The van der Waals surface area contributed by atoms with Crippen LogP contribution in [0.25, 0.3) is 5.65 Å². The van der Waals surface area contributed by atoms with E-state index in [1.165, 1.54) is 13.2 Å². The molecule has 1 fully saturated rings. The van der Waals surface area contributed by atoms with Gasteiger partial charge in [0.15, 0.2) is 11.4 Å². The van der Waals surface area contributed by atoms with Gasteiger partial charge in [-0.15, -0.1) is 0 Å². The zero-order valence-corrected chi connectivity index (χ0v) is 16.5. The molecule has 0 amide bonds. The smallest absolute Gasteiger partial charge is 0.306 e. The molecule has 0 radical (unpaired) electrons. The molecule has 0 aliphatic carbocycles. The zero-order chi connectivity index (χ0) is 21.1. The zero-order valence-electron chi connectivity index (χ0n) is 16.5. The van der Waals surface area contributed by atoms with Crippen molar-refractivity contribution in [3.63, 3.8) is 0 Å². The van der Waals surface area contributed by atoms with Gasteiger partial charge in [0.1, 0.15) is 5.76 Å². The van der Waals surface area contributed by atoms with Gasteiger partial charge in [0.2, 0.25) is 11.2 Å². The maximum Gasteiger partial charge on any atom is 0.306 e. The molecule has 158 valence electrons. The molecule has 10 nitrogen and oxygen atoms in total. The molecule has 1 saturated heterocycles. The van der Waals surface area contributed by atoms with Crippen molar-refractivity contribution in [3.05, 3.63) is 58.0 Å². The first-order valence-electron chi connectivity index (χ1n) is 9.58. The normalized spacial score (nSPS) is 15.9. The maximum atomic E-state index is 12.5. The third-order valence-corrected chi connectivity index (χ3v) is 5.08. The highest BCUT2D eigenvalue weighted by Crippen LogP contribution is 2.35. The van der Waals surface area contributed by atoms with Crippen LogP contribution in [-0.2, 0) is 20.8 Å². The molecular weight excluding hydrogens is 392 g/mol. The van der Waals surface area contributed by atoms with Gasteiger partial charge in [0.05, 0.1) is 45.4 Å². The van der Waals surface area contributed by atoms with E-state index in [0.29, 0.717) is 49.8 Å². The van der Waals surface area contributed by atoms with Crippen molar-refractivity contribution >= 4 is 11.6 Å². The van der Waals surface area contributed by atoms with E-state index in [2.05, 4.69) is 15.0 Å². The van der Waals surface area contributed by atoms with E-state index < -0.39 is 23.1 Å². The van der Waals surface area contributed by atoms with Crippen LogP contribution in [0.4, 0.5) is 0 Å². The maximum absolute atomic E-state index is 12.5. The van der Waals surface area contributed by atoms with Gasteiger partial charge in [-0.3, -0.25) is 14.5 Å². The van der Waals surface area contributed by atoms with Crippen molar-refractivity contribution in [2.24, 2.45) is 0 Å². The summed E-state index contributed by atoms with van der Waals surface area (Å²) in [6, 6.07) is 3.00. The van der Waals surface area contributed by atoms with Crippen LogP contribution in [0.5, 0.6) is 5.75 Å². The molecule has 0 saturated carbocycles. The van der Waals surface area contributed by atoms with Crippen LogP contribution in [0, 0.1) is 0 Å². The van der Waals surface area contributed by atoms with E-state index >= 15 is 0 Å². The van der Waals surface area contributed by atoms with Crippen molar-refractivity contribution in [2.75, 3.05) is 33.4 Å². The molecule has 0 unspecified atom stereocenters. The Morgan fingerprint density at radius 1 is 1.37 bits per heavy atom. The van der Waals surface area contributed by atoms with Crippen molar-refractivity contribution in [3.8, 4) is 5.75 Å². The quantitative estimate of drug-likeness (QED) is 0.587. The van der Waals surface area contributed by atoms with Crippen LogP contribution in [0.1, 0.15) is 29.4 Å². The summed E-state index contributed by atoms with van der Waals surface area (Å²) in [5.41, 5.74) is 0.466. The van der Waals surface area contributed by atoms with E-state index in [1.807, 2.05) is 0 Å². The lowest BCUT2D eigenvalue weighted by atomic mass is 9.94. The molecule has 4 heterocycles. The van der Waals surface area contributed by atoms with E-state index in [4.69, 9.17) is 13.9 Å². The number of rotatable bonds is 6. The molecule has 0 spiro atoms. The summed E-state index contributed by atoms with van der Waals surface area (Å²) < 4.78 is 17.7. The predicted molar refractivity (Wildman–Crippen MR) is 104 cm³/mol. The number of carbonyl (C=O) groups excluding carboxylic acids is 1. The van der Waals surface area contributed by atoms with Crippen LogP contribution < -0.4 is 5.43 Å². The minimum Gasteiger partial charge on any atom is -0.502 e. The Balaban J connectivity index is 1.77. The molecule has 10 heteroatoms. The van der Waals surface area contributed by atoms with Gasteiger partial charge >= 0.3 is 5.97 Å². The Morgan fingerprint density at radius 3 is 2.93 bits per heavy atom. The lowest BCUT2D eigenvalue weighted by Crippen LogP contribution is -2.35. The molecular formula is C20H22N4O6. The Kier molecular flexibility index (Phi) is 5.77. The number of hydrogen-bond donors (Lipinski definition) is 1. The highest BCUT2D eigenvalue weighted by atomic mass is 16.5. The van der Waals surface area contributed by atoms with Crippen LogP contribution in [0.3, 0.4) is 0 Å². The number of aromatic nitrogens is 3. The fourth-order valence-corrected chi connectivity index (χ4v) is 3.53. The first-order chi connectivity index (χ1) is 14.6. The summed E-state index contributed by atoms with van der Waals surface area (Å²) in [7, 11) is 1.28. The number of esters is 1. The van der Waals surface area contributed by atoms with Crippen molar-refractivity contribution in [1.29, 1.82) is 0 Å². The number of morpholine rings is 1. The summed E-state index contributed by atoms with van der Waals surface area (Å²) in [5, 5.41) is 14.8. The molecule has 30 heavy (non-hydrogen) atoms. The number of nitrogens with zero attached hydrogens (tertiary/aromatic N) is 4. The van der Waals surface area contributed by atoms with Gasteiger partial charge in [0, 0.05) is 37.1 Å². The van der Waals surface area contributed by atoms with Gasteiger partial charge in [0.25, 0.3) is 0 Å². The summed E-state index contributed by atoms with van der Waals surface area (Å²) >= 11 is 0. The third-order valence-electron chi connectivity index (χ3n) is 5.08. The Morgan fingerprint density at radius 2 is 2.17 bits per heavy atom. The highest BCUT2D eigenvalue weighted by molar-refractivity contribution is 5.72. The van der Waals surface area contributed by atoms with Crippen LogP contribution in [0.2, 0.25) is 0 Å². The predicted octanol–water partition coefficient (Wildman–Crippen LogP) is 0.915. The molecule has 0 bridgehead atoms. The SMILES string of the molecule is COC(=O)C[C@H](c1oc(CN2CCOCC2)cc(=O)c1O)c1cnn2cccnc12. The number of aromatic hydroxyl groups is 1. The van der Waals surface area contributed by atoms with E-state index in [1.54, 1.807) is 29.2 Å². The van der Waals surface area contributed by atoms with Gasteiger partial charge in [-0.25, -0.2) is 9.50 Å². The van der Waals surface area contributed by atoms with Gasteiger partial charge in [-0.1, -0.05) is 0 Å². The van der Waals surface area contributed by atoms with Gasteiger partial charge in [-0.05, 0) is 6.07 Å². The number of hydrogen-bond acceptors (Lipinski definition) is 9. The lowest BCUT2D eigenvalue weighted by Gasteiger charge is -2.26. The molecule has 1 N–H and O–H groups in total. The van der Waals surface area contributed by atoms with Crippen molar-refractivity contribution < 1.29 is 23.8 Å². The Bertz CT molecular complexity index is 1100. The van der Waals surface area contributed by atoms with Crippen LogP contribution in [-0.4, -0.2) is 64.0 Å². The Labute approximate surface area is 171 Å². The second-order valence-corrected chi connectivity index (χ2v) is 7.00. The number of ether oxygens (including phenoxy) is 2. The molecule has 1 atom stereocenters. The van der Waals surface area contributed by atoms with E-state index in [-0.39, 0.29) is 12.2 Å². The first-order valence-corrected chi connectivity index (χ1v) is 9.58. The summed E-state index contributed by atoms with van der Waals surface area (Å²) in [4.78, 5) is 31.0. The first kappa shape index (κ1) is 20.0. The minimum absolute atomic E-state index is 0.00304. The number of fused-ring (bicyclic) bond motifs is 1. The van der Waals surface area contributed by atoms with Crippen LogP contribution in [0.15, 0.2) is 39.9 Å². The largest absolute Gasteiger partial charge is 0.502 e. The minimum atomic E-state index is -0.790. The fourth-order valence-electron chi connectivity index (χ4n) is 3.53. The third kappa shape index (κ3) is 4.05. The van der Waals surface area contributed by atoms with Gasteiger partial charge in [-0.2, -0.15) is 5.10 Å². The topological polar surface area (TPSA) is 119 Å². The van der Waals surface area contributed by atoms with Crippen LogP contribution >= 0.6 is 0 Å². The average Bonchev–Trinajstić information content (AvgIpc) is 3.19. The number of carbonyl (C=O) groups is 1. The molecule has 4 rings (SSSR count). The Hall–Kier alpha value is -3.24. The summed E-state index contributed by atoms with van der Waals surface area (Å²) in [6.07, 6.45) is 4.71. The van der Waals surface area contributed by atoms with Crippen molar-refractivity contribution in [1.82, 2.24) is 19.5 Å². The van der Waals surface area contributed by atoms with E-state index in [0.717, 1.165) is 0 Å². The van der Waals surface area contributed by atoms with Gasteiger partial charge < -0.3 is 19.0 Å².